The zero-order valence-corrected chi connectivity index (χ0v) is 10.6. The molecule has 19 heavy (non-hydrogen) atoms. The van der Waals surface area contributed by atoms with Gasteiger partial charge in [-0.2, -0.15) is 0 Å². The van der Waals surface area contributed by atoms with Crippen LogP contribution in [0.5, 0.6) is 0 Å². The molecule has 1 heterocycles. The lowest BCUT2D eigenvalue weighted by molar-refractivity contribution is -0.121. The van der Waals surface area contributed by atoms with Crippen LogP contribution in [0.1, 0.15) is 9.67 Å². The van der Waals surface area contributed by atoms with Crippen LogP contribution in [0, 0.1) is 5.82 Å². The van der Waals surface area contributed by atoms with Crippen LogP contribution in [0.25, 0.3) is 11.1 Å². The summed E-state index contributed by atoms with van der Waals surface area (Å²) in [6.45, 7) is -0.459. The third-order valence-electron chi connectivity index (χ3n) is 2.35. The average molecular weight is 279 g/mol. The number of carbonyl (C=O) groups is 2. The quantitative estimate of drug-likeness (QED) is 0.872. The summed E-state index contributed by atoms with van der Waals surface area (Å²) in [4.78, 5) is 22.7. The zero-order chi connectivity index (χ0) is 13.8. The van der Waals surface area contributed by atoms with Crippen LogP contribution in [-0.2, 0) is 9.53 Å². The van der Waals surface area contributed by atoms with Crippen molar-refractivity contribution < 1.29 is 18.7 Å². The molecule has 0 fully saturated rings. The lowest BCUT2D eigenvalue weighted by atomic mass is 10.1. The van der Waals surface area contributed by atoms with Crippen LogP contribution in [0.3, 0.4) is 0 Å². The Balaban J connectivity index is 2.24. The maximum absolute atomic E-state index is 12.9. The molecular formula is C13H10FNO3S. The molecule has 0 saturated heterocycles. The van der Waals surface area contributed by atoms with Gasteiger partial charge in [0, 0.05) is 5.56 Å². The summed E-state index contributed by atoms with van der Waals surface area (Å²) in [5.41, 5.74) is 6.25. The van der Waals surface area contributed by atoms with Gasteiger partial charge in [0.05, 0.1) is 0 Å². The Labute approximate surface area is 112 Å². The minimum absolute atomic E-state index is 0.350. The van der Waals surface area contributed by atoms with E-state index in [1.165, 1.54) is 23.5 Å². The van der Waals surface area contributed by atoms with Gasteiger partial charge in [-0.25, -0.2) is 9.18 Å². The number of rotatable bonds is 4. The number of halogens is 1. The van der Waals surface area contributed by atoms with Gasteiger partial charge in [-0.3, -0.25) is 4.79 Å². The van der Waals surface area contributed by atoms with E-state index in [0.29, 0.717) is 16.0 Å². The summed E-state index contributed by atoms with van der Waals surface area (Å²) in [6.07, 6.45) is 0. The summed E-state index contributed by atoms with van der Waals surface area (Å²) in [6, 6.07) is 7.50. The maximum Gasteiger partial charge on any atom is 0.349 e. The molecule has 4 nitrogen and oxygen atoms in total. The fourth-order valence-corrected chi connectivity index (χ4v) is 2.33. The van der Waals surface area contributed by atoms with Crippen LogP contribution in [0.2, 0.25) is 0 Å². The van der Waals surface area contributed by atoms with Crippen molar-refractivity contribution in [1.29, 1.82) is 0 Å². The lowest BCUT2D eigenvalue weighted by Gasteiger charge is -2.04. The Morgan fingerprint density at radius 3 is 2.53 bits per heavy atom. The Kier molecular flexibility index (Phi) is 3.91. The Morgan fingerprint density at radius 1 is 1.21 bits per heavy atom. The van der Waals surface area contributed by atoms with Gasteiger partial charge in [0.2, 0.25) is 0 Å². The molecule has 1 aromatic carbocycles. The number of esters is 1. The minimum Gasteiger partial charge on any atom is -0.451 e. The predicted octanol–water partition coefficient (Wildman–Crippen LogP) is 2.20. The van der Waals surface area contributed by atoms with Crippen LogP contribution >= 0.6 is 11.3 Å². The first kappa shape index (κ1) is 13.2. The van der Waals surface area contributed by atoms with Gasteiger partial charge in [0.15, 0.2) is 6.61 Å². The number of amides is 1. The van der Waals surface area contributed by atoms with E-state index in [1.54, 1.807) is 23.6 Å². The molecule has 0 unspecified atom stereocenters. The van der Waals surface area contributed by atoms with E-state index in [1.807, 2.05) is 0 Å². The maximum atomic E-state index is 12.9. The highest BCUT2D eigenvalue weighted by Crippen LogP contribution is 2.29. The topological polar surface area (TPSA) is 69.4 Å². The smallest absolute Gasteiger partial charge is 0.349 e. The number of nitrogens with two attached hydrogens (primary N) is 1. The van der Waals surface area contributed by atoms with Gasteiger partial charge in [-0.05, 0) is 29.1 Å². The number of carbonyl (C=O) groups excluding carboxylic acids is 2. The highest BCUT2D eigenvalue weighted by atomic mass is 32.1. The lowest BCUT2D eigenvalue weighted by Crippen LogP contribution is -2.20. The molecule has 0 atom stereocenters. The molecule has 0 spiro atoms. The number of thiophene rings is 1. The number of ether oxygens (including phenoxy) is 1. The normalized spacial score (nSPS) is 10.2. The van der Waals surface area contributed by atoms with Gasteiger partial charge >= 0.3 is 5.97 Å². The van der Waals surface area contributed by atoms with Gasteiger partial charge in [-0.15, -0.1) is 11.3 Å². The molecule has 0 aliphatic carbocycles. The molecular weight excluding hydrogens is 269 g/mol. The van der Waals surface area contributed by atoms with Crippen molar-refractivity contribution in [3.05, 3.63) is 46.4 Å². The SMILES string of the molecule is NC(=O)COC(=O)c1sccc1-c1ccc(F)cc1. The van der Waals surface area contributed by atoms with Crippen LogP contribution < -0.4 is 5.73 Å². The standard InChI is InChI=1S/C13H10FNO3S/c14-9-3-1-8(2-4-9)10-5-6-19-12(10)13(17)18-7-11(15)16/h1-6H,7H2,(H2,15,16). The second-order valence-corrected chi connectivity index (χ2v) is 4.63. The van der Waals surface area contributed by atoms with E-state index in [-0.39, 0.29) is 5.82 Å². The molecule has 2 N–H and O–H groups in total. The molecule has 0 aliphatic heterocycles. The van der Waals surface area contributed by atoms with Crippen molar-refractivity contribution in [3.8, 4) is 11.1 Å². The summed E-state index contributed by atoms with van der Waals surface area (Å²) < 4.78 is 17.6. The Hall–Kier alpha value is -2.21. The van der Waals surface area contributed by atoms with Gasteiger partial charge in [-0.1, -0.05) is 12.1 Å². The predicted molar refractivity (Wildman–Crippen MR) is 69.2 cm³/mol. The average Bonchev–Trinajstić information content (AvgIpc) is 2.86. The summed E-state index contributed by atoms with van der Waals surface area (Å²) >= 11 is 1.19. The van der Waals surface area contributed by atoms with Crippen molar-refractivity contribution >= 4 is 23.2 Å². The van der Waals surface area contributed by atoms with Crippen molar-refractivity contribution in [2.45, 2.75) is 0 Å². The summed E-state index contributed by atoms with van der Waals surface area (Å²) in [5.74, 6) is -1.68. The molecule has 2 aromatic rings. The number of benzene rings is 1. The minimum atomic E-state index is -0.715. The Bertz CT molecular complexity index is 607. The molecule has 0 bridgehead atoms. The second kappa shape index (κ2) is 5.62. The second-order valence-electron chi connectivity index (χ2n) is 3.71. The molecule has 6 heteroatoms. The third-order valence-corrected chi connectivity index (χ3v) is 3.25. The molecule has 98 valence electrons. The van der Waals surface area contributed by atoms with E-state index in [9.17, 15) is 14.0 Å². The molecule has 0 radical (unpaired) electrons. The van der Waals surface area contributed by atoms with Crippen molar-refractivity contribution in [1.82, 2.24) is 0 Å². The molecule has 1 amide bonds. The summed E-state index contributed by atoms with van der Waals surface area (Å²) in [7, 11) is 0. The van der Waals surface area contributed by atoms with Crippen LogP contribution in [-0.4, -0.2) is 18.5 Å². The van der Waals surface area contributed by atoms with Crippen LogP contribution in [0.15, 0.2) is 35.7 Å². The van der Waals surface area contributed by atoms with Crippen molar-refractivity contribution in [3.63, 3.8) is 0 Å². The monoisotopic (exact) mass is 279 g/mol. The molecule has 2 rings (SSSR count). The number of primary amides is 1. The number of hydrogen-bond donors (Lipinski definition) is 1. The first-order valence-corrected chi connectivity index (χ1v) is 6.25. The van der Waals surface area contributed by atoms with Gasteiger partial charge < -0.3 is 10.5 Å². The number of hydrogen-bond acceptors (Lipinski definition) is 4. The Morgan fingerprint density at radius 2 is 1.89 bits per heavy atom. The van der Waals surface area contributed by atoms with E-state index < -0.39 is 18.5 Å². The fourth-order valence-electron chi connectivity index (χ4n) is 1.53. The van der Waals surface area contributed by atoms with E-state index in [0.717, 1.165) is 0 Å². The van der Waals surface area contributed by atoms with Crippen LogP contribution in [0.4, 0.5) is 4.39 Å². The van der Waals surface area contributed by atoms with E-state index >= 15 is 0 Å². The van der Waals surface area contributed by atoms with Gasteiger partial charge in [0.25, 0.3) is 5.91 Å². The van der Waals surface area contributed by atoms with Crippen molar-refractivity contribution in [2.24, 2.45) is 5.73 Å². The third kappa shape index (κ3) is 3.17. The highest BCUT2D eigenvalue weighted by molar-refractivity contribution is 7.12. The summed E-state index contributed by atoms with van der Waals surface area (Å²) in [5, 5.41) is 1.72. The zero-order valence-electron chi connectivity index (χ0n) is 9.76. The van der Waals surface area contributed by atoms with E-state index in [2.05, 4.69) is 0 Å². The van der Waals surface area contributed by atoms with Crippen molar-refractivity contribution in [2.75, 3.05) is 6.61 Å². The first-order chi connectivity index (χ1) is 9.08. The first-order valence-electron chi connectivity index (χ1n) is 5.37. The molecule has 0 saturated carbocycles. The van der Waals surface area contributed by atoms with Gasteiger partial charge in [0.1, 0.15) is 10.7 Å². The molecule has 0 aliphatic rings. The largest absolute Gasteiger partial charge is 0.451 e. The van der Waals surface area contributed by atoms with E-state index in [4.69, 9.17) is 10.5 Å². The molecule has 1 aromatic heterocycles. The fraction of sp³-hybridized carbons (Fsp3) is 0.0769. The highest BCUT2D eigenvalue weighted by Gasteiger charge is 2.16.